The van der Waals surface area contributed by atoms with Gasteiger partial charge in [-0.15, -0.1) is 0 Å². The van der Waals surface area contributed by atoms with E-state index in [-0.39, 0.29) is 0 Å². The zero-order chi connectivity index (χ0) is 14.1. The molecule has 100 valence electrons. The van der Waals surface area contributed by atoms with Crippen LogP contribution in [0.3, 0.4) is 0 Å². The van der Waals surface area contributed by atoms with Gasteiger partial charge in [0.05, 0.1) is 6.10 Å². The molecule has 2 atom stereocenters. The van der Waals surface area contributed by atoms with Crippen molar-refractivity contribution < 1.29 is 14.6 Å². The van der Waals surface area contributed by atoms with Crippen molar-refractivity contribution in [3.63, 3.8) is 0 Å². The summed E-state index contributed by atoms with van der Waals surface area (Å²) >= 11 is 0. The first-order valence-corrected chi connectivity index (χ1v) is 6.41. The molecule has 3 nitrogen and oxygen atoms in total. The summed E-state index contributed by atoms with van der Waals surface area (Å²) in [5.74, 6) is -0.758. The van der Waals surface area contributed by atoms with E-state index in [1.54, 1.807) is 30.3 Å². The monoisotopic (exact) mass is 266 g/mol. The molecule has 0 unspecified atom stereocenters. The van der Waals surface area contributed by atoms with Crippen LogP contribution in [0, 0.1) is 5.92 Å². The van der Waals surface area contributed by atoms with Gasteiger partial charge in [0.2, 0.25) is 0 Å². The Hall–Kier alpha value is -2.39. The topological polar surface area (TPSA) is 46.5 Å². The van der Waals surface area contributed by atoms with E-state index in [4.69, 9.17) is 4.74 Å². The summed E-state index contributed by atoms with van der Waals surface area (Å²) in [6.45, 7) is 3.93. The maximum absolute atomic E-state index is 12.3. The summed E-state index contributed by atoms with van der Waals surface area (Å²) in [5.41, 5.74) is 2.16. The number of rotatable bonds is 2. The smallest absolute Gasteiger partial charge is 0.321 e. The number of carbonyl (C=O) groups is 1. The van der Waals surface area contributed by atoms with E-state index in [0.29, 0.717) is 11.3 Å². The zero-order valence-electron chi connectivity index (χ0n) is 10.8. The molecular formula is C17H14O3. The largest absolute Gasteiger partial charge is 0.426 e. The van der Waals surface area contributed by atoms with Gasteiger partial charge < -0.3 is 9.84 Å². The van der Waals surface area contributed by atoms with Gasteiger partial charge in [0, 0.05) is 0 Å². The average molecular weight is 266 g/mol. The molecule has 0 spiro atoms. The first-order chi connectivity index (χ1) is 9.68. The van der Waals surface area contributed by atoms with Gasteiger partial charge in [-0.3, -0.25) is 4.79 Å². The van der Waals surface area contributed by atoms with E-state index >= 15 is 0 Å². The molecule has 0 bridgehead atoms. The van der Waals surface area contributed by atoms with Crippen LogP contribution in [0.4, 0.5) is 0 Å². The highest BCUT2D eigenvalue weighted by Crippen LogP contribution is 2.44. The number of hydrogen-bond donors (Lipinski definition) is 1. The molecule has 3 rings (SSSR count). The summed E-state index contributed by atoms with van der Waals surface area (Å²) < 4.78 is 5.31. The van der Waals surface area contributed by atoms with Gasteiger partial charge in [-0.2, -0.15) is 0 Å². The molecule has 0 aliphatic heterocycles. The minimum Gasteiger partial charge on any atom is -0.426 e. The van der Waals surface area contributed by atoms with Crippen molar-refractivity contribution >= 4 is 11.5 Å². The number of aliphatic hydroxyl groups excluding tert-OH is 1. The Labute approximate surface area is 117 Å². The fourth-order valence-electron chi connectivity index (χ4n) is 2.52. The van der Waals surface area contributed by atoms with E-state index < -0.39 is 18.0 Å². The van der Waals surface area contributed by atoms with Gasteiger partial charge in [-0.05, 0) is 28.8 Å². The lowest BCUT2D eigenvalue weighted by Crippen LogP contribution is -2.23. The SMILES string of the molecule is C=C1c2ccccc2[C@@H](O)[C@H]1C(=O)Oc1ccccc1. The zero-order valence-corrected chi connectivity index (χ0v) is 10.8. The van der Waals surface area contributed by atoms with Gasteiger partial charge in [0.1, 0.15) is 11.7 Å². The van der Waals surface area contributed by atoms with Crippen LogP contribution in [0.5, 0.6) is 5.75 Å². The minimum absolute atomic E-state index is 0.466. The molecule has 2 aromatic rings. The molecule has 0 fully saturated rings. The van der Waals surface area contributed by atoms with Crippen molar-refractivity contribution in [3.8, 4) is 5.75 Å². The van der Waals surface area contributed by atoms with Crippen molar-refractivity contribution in [2.45, 2.75) is 6.10 Å². The second-order valence-corrected chi connectivity index (χ2v) is 4.77. The Morgan fingerprint density at radius 3 is 2.40 bits per heavy atom. The van der Waals surface area contributed by atoms with Crippen LogP contribution in [-0.4, -0.2) is 11.1 Å². The van der Waals surface area contributed by atoms with Crippen molar-refractivity contribution in [1.82, 2.24) is 0 Å². The maximum Gasteiger partial charge on any atom is 0.321 e. The molecule has 0 heterocycles. The summed E-state index contributed by atoms with van der Waals surface area (Å²) in [6.07, 6.45) is -0.894. The highest BCUT2D eigenvalue weighted by atomic mass is 16.5. The van der Waals surface area contributed by atoms with Gasteiger partial charge in [0.15, 0.2) is 0 Å². The average Bonchev–Trinajstić information content (AvgIpc) is 2.72. The second-order valence-electron chi connectivity index (χ2n) is 4.77. The molecule has 1 aliphatic rings. The fraction of sp³-hybridized carbons (Fsp3) is 0.118. The van der Waals surface area contributed by atoms with Crippen LogP contribution in [0.2, 0.25) is 0 Å². The standard InChI is InChI=1S/C17H14O3/c1-11-13-9-5-6-10-14(13)16(18)15(11)17(19)20-12-7-3-2-4-8-12/h2-10,15-16,18H,1H2/t15-,16+/m0/s1. The first-order valence-electron chi connectivity index (χ1n) is 6.41. The molecule has 0 radical (unpaired) electrons. The molecule has 2 aromatic carbocycles. The lowest BCUT2D eigenvalue weighted by molar-refractivity contribution is -0.139. The van der Waals surface area contributed by atoms with Gasteiger partial charge in [-0.25, -0.2) is 0 Å². The predicted octanol–water partition coefficient (Wildman–Crippen LogP) is 2.97. The molecule has 0 saturated heterocycles. The minimum atomic E-state index is -0.894. The number of aliphatic hydroxyl groups is 1. The maximum atomic E-state index is 12.3. The summed E-state index contributed by atoms with van der Waals surface area (Å²) in [4.78, 5) is 12.3. The second kappa shape index (κ2) is 4.94. The summed E-state index contributed by atoms with van der Waals surface area (Å²) in [7, 11) is 0. The molecule has 1 aliphatic carbocycles. The van der Waals surface area contributed by atoms with E-state index in [2.05, 4.69) is 6.58 Å². The molecule has 0 aromatic heterocycles. The van der Waals surface area contributed by atoms with Gasteiger partial charge in [-0.1, -0.05) is 49.0 Å². The first kappa shape index (κ1) is 12.6. The van der Waals surface area contributed by atoms with E-state index in [9.17, 15) is 9.90 Å². The normalized spacial score (nSPS) is 20.6. The number of carbonyl (C=O) groups excluding carboxylic acids is 1. The number of fused-ring (bicyclic) bond motifs is 1. The highest BCUT2D eigenvalue weighted by Gasteiger charge is 2.40. The number of ether oxygens (including phenoxy) is 1. The van der Waals surface area contributed by atoms with E-state index in [1.807, 2.05) is 24.3 Å². The highest BCUT2D eigenvalue weighted by molar-refractivity contribution is 5.93. The molecule has 1 N–H and O–H groups in total. The summed E-state index contributed by atoms with van der Waals surface area (Å²) in [6, 6.07) is 16.2. The third kappa shape index (κ3) is 2.02. The van der Waals surface area contributed by atoms with E-state index in [0.717, 1.165) is 11.1 Å². The summed E-state index contributed by atoms with van der Waals surface area (Å²) in [5, 5.41) is 10.3. The van der Waals surface area contributed by atoms with Gasteiger partial charge in [0.25, 0.3) is 0 Å². The predicted molar refractivity (Wildman–Crippen MR) is 76.0 cm³/mol. The van der Waals surface area contributed by atoms with Crippen LogP contribution < -0.4 is 4.74 Å². The lowest BCUT2D eigenvalue weighted by atomic mass is 10.00. The Kier molecular flexibility index (Phi) is 3.12. The molecule has 0 amide bonds. The van der Waals surface area contributed by atoms with Crippen molar-refractivity contribution in [3.05, 3.63) is 72.3 Å². The van der Waals surface area contributed by atoms with Gasteiger partial charge >= 0.3 is 5.97 Å². The van der Waals surface area contributed by atoms with Crippen LogP contribution in [0.1, 0.15) is 17.2 Å². The molecular weight excluding hydrogens is 252 g/mol. The fourth-order valence-corrected chi connectivity index (χ4v) is 2.52. The Balaban J connectivity index is 1.86. The Morgan fingerprint density at radius 2 is 1.70 bits per heavy atom. The van der Waals surface area contributed by atoms with Crippen LogP contribution >= 0.6 is 0 Å². The van der Waals surface area contributed by atoms with Crippen LogP contribution in [0.25, 0.3) is 5.57 Å². The van der Waals surface area contributed by atoms with Crippen molar-refractivity contribution in [1.29, 1.82) is 0 Å². The van der Waals surface area contributed by atoms with Crippen molar-refractivity contribution in [2.24, 2.45) is 5.92 Å². The van der Waals surface area contributed by atoms with Crippen LogP contribution in [-0.2, 0) is 4.79 Å². The molecule has 20 heavy (non-hydrogen) atoms. The molecule has 0 saturated carbocycles. The Morgan fingerprint density at radius 1 is 1.05 bits per heavy atom. The van der Waals surface area contributed by atoms with Crippen LogP contribution in [0.15, 0.2) is 61.2 Å². The number of hydrogen-bond acceptors (Lipinski definition) is 3. The quantitative estimate of drug-likeness (QED) is 0.671. The molecule has 3 heteroatoms. The number of benzene rings is 2. The van der Waals surface area contributed by atoms with E-state index in [1.165, 1.54) is 0 Å². The lowest BCUT2D eigenvalue weighted by Gasteiger charge is -2.15. The third-order valence-electron chi connectivity index (χ3n) is 3.53. The van der Waals surface area contributed by atoms with Crippen molar-refractivity contribution in [2.75, 3.05) is 0 Å². The number of esters is 1. The number of para-hydroxylation sites is 1. The Bertz CT molecular complexity index is 661. The third-order valence-corrected chi connectivity index (χ3v) is 3.53.